The Morgan fingerprint density at radius 3 is 2.12 bits per heavy atom. The van der Waals surface area contributed by atoms with E-state index in [1.165, 1.54) is 0 Å². The standard InChI is InChI=1S/C13H28N4/c1-10(2)8-14-13(15-9-11(3)4)16-12(5)17(6)7/h10-11H,8-9H2,1-7H3,(H,14,15)/b16-12+. The van der Waals surface area contributed by atoms with E-state index in [9.17, 15) is 0 Å². The lowest BCUT2D eigenvalue weighted by atomic mass is 10.2. The van der Waals surface area contributed by atoms with E-state index in [4.69, 9.17) is 0 Å². The van der Waals surface area contributed by atoms with Crippen molar-refractivity contribution in [2.24, 2.45) is 21.8 Å². The molecule has 0 aromatic carbocycles. The zero-order valence-electron chi connectivity index (χ0n) is 12.4. The lowest BCUT2D eigenvalue weighted by Gasteiger charge is -2.14. The quantitative estimate of drug-likeness (QED) is 0.604. The summed E-state index contributed by atoms with van der Waals surface area (Å²) in [7, 11) is 3.97. The van der Waals surface area contributed by atoms with Crippen LogP contribution in [0.2, 0.25) is 0 Å². The fourth-order valence-corrected chi connectivity index (χ4v) is 0.949. The van der Waals surface area contributed by atoms with E-state index in [0.29, 0.717) is 11.8 Å². The predicted octanol–water partition coefficient (Wildman–Crippen LogP) is 2.22. The fraction of sp³-hybridized carbons (Fsp3) is 0.846. The van der Waals surface area contributed by atoms with E-state index in [-0.39, 0.29) is 0 Å². The Bertz CT molecular complexity index is 265. The van der Waals surface area contributed by atoms with Gasteiger partial charge in [0.25, 0.3) is 0 Å². The van der Waals surface area contributed by atoms with Crippen LogP contribution in [0.3, 0.4) is 0 Å². The van der Waals surface area contributed by atoms with Gasteiger partial charge in [0.2, 0.25) is 5.96 Å². The first kappa shape index (κ1) is 15.9. The van der Waals surface area contributed by atoms with Crippen LogP contribution < -0.4 is 5.32 Å². The summed E-state index contributed by atoms with van der Waals surface area (Å²) < 4.78 is 0. The van der Waals surface area contributed by atoms with Crippen molar-refractivity contribution in [1.82, 2.24) is 10.2 Å². The van der Waals surface area contributed by atoms with Gasteiger partial charge in [-0.15, -0.1) is 0 Å². The Morgan fingerprint density at radius 1 is 1.12 bits per heavy atom. The molecule has 0 aliphatic heterocycles. The smallest absolute Gasteiger partial charge is 0.219 e. The van der Waals surface area contributed by atoms with E-state index in [1.54, 1.807) is 0 Å². The molecule has 0 fully saturated rings. The molecule has 0 aliphatic rings. The average Bonchev–Trinajstić information content (AvgIpc) is 2.21. The molecule has 1 N–H and O–H groups in total. The summed E-state index contributed by atoms with van der Waals surface area (Å²) in [5, 5.41) is 3.30. The molecule has 0 aromatic heterocycles. The van der Waals surface area contributed by atoms with E-state index in [1.807, 2.05) is 25.9 Å². The number of hydrogen-bond acceptors (Lipinski definition) is 1. The first-order chi connectivity index (χ1) is 7.82. The summed E-state index contributed by atoms with van der Waals surface area (Å²) in [4.78, 5) is 11.0. The van der Waals surface area contributed by atoms with Gasteiger partial charge in [-0.3, -0.25) is 4.99 Å². The molecule has 0 atom stereocenters. The number of guanidine groups is 1. The summed E-state index contributed by atoms with van der Waals surface area (Å²) in [6, 6.07) is 0. The summed E-state index contributed by atoms with van der Waals surface area (Å²) >= 11 is 0. The van der Waals surface area contributed by atoms with Gasteiger partial charge in [0.15, 0.2) is 0 Å². The van der Waals surface area contributed by atoms with Crippen molar-refractivity contribution in [3.8, 4) is 0 Å². The molecule has 0 bridgehead atoms. The summed E-state index contributed by atoms with van der Waals surface area (Å²) in [5.74, 6) is 2.86. The van der Waals surface area contributed by atoms with E-state index >= 15 is 0 Å². The predicted molar refractivity (Wildman–Crippen MR) is 76.8 cm³/mol. The van der Waals surface area contributed by atoms with Crippen molar-refractivity contribution >= 4 is 11.8 Å². The number of rotatable bonds is 4. The van der Waals surface area contributed by atoms with Gasteiger partial charge in [-0.25, -0.2) is 4.99 Å². The highest BCUT2D eigenvalue weighted by atomic mass is 15.2. The van der Waals surface area contributed by atoms with Crippen LogP contribution in [0.25, 0.3) is 0 Å². The van der Waals surface area contributed by atoms with Gasteiger partial charge in [-0.05, 0) is 18.8 Å². The Morgan fingerprint density at radius 2 is 1.71 bits per heavy atom. The van der Waals surface area contributed by atoms with Crippen LogP contribution in [0, 0.1) is 11.8 Å². The van der Waals surface area contributed by atoms with Crippen molar-refractivity contribution in [2.45, 2.75) is 34.6 Å². The van der Waals surface area contributed by atoms with Crippen molar-refractivity contribution in [3.05, 3.63) is 0 Å². The average molecular weight is 240 g/mol. The Labute approximate surface area is 106 Å². The maximum absolute atomic E-state index is 4.51. The molecule has 4 heteroatoms. The highest BCUT2D eigenvalue weighted by Gasteiger charge is 2.02. The molecule has 0 amide bonds. The van der Waals surface area contributed by atoms with Crippen molar-refractivity contribution in [1.29, 1.82) is 0 Å². The highest BCUT2D eigenvalue weighted by molar-refractivity contribution is 5.94. The number of aliphatic imine (C=N–C) groups is 2. The fourth-order valence-electron chi connectivity index (χ4n) is 0.949. The third-order valence-corrected chi connectivity index (χ3v) is 2.19. The Kier molecular flexibility index (Phi) is 7.59. The SMILES string of the molecule is C/C(=N\C(=N\CC(C)C)NCC(C)C)N(C)C. The molecule has 0 aromatic rings. The number of hydrogen-bond donors (Lipinski definition) is 1. The van der Waals surface area contributed by atoms with Gasteiger partial charge in [-0.1, -0.05) is 27.7 Å². The van der Waals surface area contributed by atoms with Gasteiger partial charge in [0.1, 0.15) is 5.84 Å². The summed E-state index contributed by atoms with van der Waals surface area (Å²) in [6.07, 6.45) is 0. The minimum atomic E-state index is 0.556. The summed E-state index contributed by atoms with van der Waals surface area (Å²) in [5.41, 5.74) is 0. The molecule has 0 aliphatic carbocycles. The van der Waals surface area contributed by atoms with Crippen molar-refractivity contribution < 1.29 is 0 Å². The monoisotopic (exact) mass is 240 g/mol. The molecular formula is C13H28N4. The second-order valence-corrected chi connectivity index (χ2v) is 5.39. The number of amidine groups is 1. The van der Waals surface area contributed by atoms with Crippen LogP contribution in [0.15, 0.2) is 9.98 Å². The zero-order valence-corrected chi connectivity index (χ0v) is 12.4. The molecule has 0 rings (SSSR count). The summed E-state index contributed by atoms with van der Waals surface area (Å²) in [6.45, 7) is 12.4. The molecule has 0 heterocycles. The highest BCUT2D eigenvalue weighted by Crippen LogP contribution is 1.95. The Balaban J connectivity index is 4.61. The largest absolute Gasteiger partial charge is 0.366 e. The maximum Gasteiger partial charge on any atom is 0.219 e. The van der Waals surface area contributed by atoms with Crippen LogP contribution in [0.5, 0.6) is 0 Å². The lowest BCUT2D eigenvalue weighted by molar-refractivity contribution is 0.607. The molecule has 4 nitrogen and oxygen atoms in total. The number of nitrogens with zero attached hydrogens (tertiary/aromatic N) is 3. The van der Waals surface area contributed by atoms with Crippen molar-refractivity contribution in [2.75, 3.05) is 27.2 Å². The van der Waals surface area contributed by atoms with E-state index in [2.05, 4.69) is 43.0 Å². The first-order valence-corrected chi connectivity index (χ1v) is 6.33. The zero-order chi connectivity index (χ0) is 13.4. The van der Waals surface area contributed by atoms with Crippen LogP contribution in [0.1, 0.15) is 34.6 Å². The molecule has 100 valence electrons. The second-order valence-electron chi connectivity index (χ2n) is 5.39. The first-order valence-electron chi connectivity index (χ1n) is 6.33. The Hall–Kier alpha value is -1.06. The normalized spacial score (nSPS) is 13.5. The third kappa shape index (κ3) is 8.72. The van der Waals surface area contributed by atoms with Gasteiger partial charge in [0, 0.05) is 27.2 Å². The van der Waals surface area contributed by atoms with Crippen LogP contribution in [-0.2, 0) is 0 Å². The molecule has 17 heavy (non-hydrogen) atoms. The molecule has 0 saturated heterocycles. The minimum Gasteiger partial charge on any atom is -0.366 e. The molecule has 0 saturated carbocycles. The molecular weight excluding hydrogens is 212 g/mol. The number of nitrogens with one attached hydrogen (secondary N) is 1. The van der Waals surface area contributed by atoms with Crippen LogP contribution in [-0.4, -0.2) is 43.9 Å². The van der Waals surface area contributed by atoms with Gasteiger partial charge in [-0.2, -0.15) is 0 Å². The van der Waals surface area contributed by atoms with Crippen LogP contribution in [0.4, 0.5) is 0 Å². The topological polar surface area (TPSA) is 40.0 Å². The van der Waals surface area contributed by atoms with Crippen LogP contribution >= 0.6 is 0 Å². The second kappa shape index (κ2) is 8.09. The lowest BCUT2D eigenvalue weighted by Crippen LogP contribution is -2.29. The third-order valence-electron chi connectivity index (χ3n) is 2.19. The van der Waals surface area contributed by atoms with Gasteiger partial charge in [0.05, 0.1) is 0 Å². The molecule has 0 spiro atoms. The molecule has 0 unspecified atom stereocenters. The van der Waals surface area contributed by atoms with E-state index in [0.717, 1.165) is 24.9 Å². The minimum absolute atomic E-state index is 0.556. The van der Waals surface area contributed by atoms with Crippen molar-refractivity contribution in [3.63, 3.8) is 0 Å². The maximum atomic E-state index is 4.51. The van der Waals surface area contributed by atoms with E-state index < -0.39 is 0 Å². The molecule has 0 radical (unpaired) electrons. The van der Waals surface area contributed by atoms with Gasteiger partial charge >= 0.3 is 0 Å². The van der Waals surface area contributed by atoms with Gasteiger partial charge < -0.3 is 10.2 Å².